The highest BCUT2D eigenvalue weighted by Gasteiger charge is 2.15. The van der Waals surface area contributed by atoms with Gasteiger partial charge in [-0.1, -0.05) is 261 Å². The highest BCUT2D eigenvalue weighted by atomic mass is 15.1. The standard InChI is InChI=1S/C66H55N/c1-7-25-55(26-8-1)64(56-27-9-2-10-28-56)37-19-22-52-40-46-61(47-41-52)67(62-48-42-53(43-49-62)23-20-38-65(57-29-11-3-12-30-57)58-31-13-4-14-32-58)63-50-44-54(45-51-63)24-21-39-66(59-33-15-5-16-34-59)60-35-17-6-18-36-60/h1-37,40-51,65-66H,38-39H2. The van der Waals surface area contributed by atoms with Crippen LogP contribution in [0, 0.1) is 0 Å². The van der Waals surface area contributed by atoms with Gasteiger partial charge < -0.3 is 4.90 Å². The van der Waals surface area contributed by atoms with Crippen molar-refractivity contribution in [2.75, 3.05) is 4.90 Å². The molecule has 0 heterocycles. The Morgan fingerprint density at radius 1 is 0.313 bits per heavy atom. The van der Waals surface area contributed by atoms with Gasteiger partial charge in [0, 0.05) is 28.9 Å². The lowest BCUT2D eigenvalue weighted by Gasteiger charge is -2.26. The minimum atomic E-state index is 0.295. The quantitative estimate of drug-likeness (QED) is 0.0825. The molecule has 0 bridgehead atoms. The molecule has 0 N–H and O–H groups in total. The van der Waals surface area contributed by atoms with E-state index in [4.69, 9.17) is 0 Å². The molecule has 0 saturated carbocycles. The number of nitrogens with zero attached hydrogens (tertiary/aromatic N) is 1. The van der Waals surface area contributed by atoms with Gasteiger partial charge in [-0.05, 0) is 105 Å². The lowest BCUT2D eigenvalue weighted by molar-refractivity contribution is 0.832. The van der Waals surface area contributed by atoms with Crippen LogP contribution in [0.25, 0.3) is 23.8 Å². The molecule has 67 heavy (non-hydrogen) atoms. The summed E-state index contributed by atoms with van der Waals surface area (Å²) in [6.45, 7) is 0. The zero-order valence-electron chi connectivity index (χ0n) is 37.8. The van der Waals surface area contributed by atoms with Crippen LogP contribution in [0.4, 0.5) is 17.1 Å². The van der Waals surface area contributed by atoms with E-state index in [1.807, 2.05) is 0 Å². The van der Waals surface area contributed by atoms with Gasteiger partial charge in [-0.25, -0.2) is 0 Å². The Balaban J connectivity index is 0.971. The molecule has 0 radical (unpaired) electrons. The monoisotopic (exact) mass is 861 g/mol. The Morgan fingerprint density at radius 2 is 0.597 bits per heavy atom. The Hall–Kier alpha value is -8.26. The van der Waals surface area contributed by atoms with E-state index in [2.05, 4.69) is 302 Å². The minimum Gasteiger partial charge on any atom is -0.311 e. The van der Waals surface area contributed by atoms with Crippen LogP contribution in [0.1, 0.15) is 74.7 Å². The molecule has 0 aromatic heterocycles. The third kappa shape index (κ3) is 11.7. The van der Waals surface area contributed by atoms with Crippen molar-refractivity contribution in [3.63, 3.8) is 0 Å². The van der Waals surface area contributed by atoms with Crippen LogP contribution in [0.15, 0.2) is 279 Å². The molecule has 9 rings (SSSR count). The predicted molar refractivity (Wildman–Crippen MR) is 287 cm³/mol. The Kier molecular flexibility index (Phi) is 14.8. The molecule has 9 aromatic rings. The van der Waals surface area contributed by atoms with Crippen molar-refractivity contribution < 1.29 is 0 Å². The summed E-state index contributed by atoms with van der Waals surface area (Å²) in [6.07, 6.45) is 17.5. The first-order valence-corrected chi connectivity index (χ1v) is 23.4. The van der Waals surface area contributed by atoms with E-state index < -0.39 is 0 Å². The second kappa shape index (κ2) is 22.6. The molecule has 0 spiro atoms. The van der Waals surface area contributed by atoms with Gasteiger partial charge in [-0.15, -0.1) is 0 Å². The molecule has 0 amide bonds. The number of allylic oxidation sites excluding steroid dienone is 4. The number of rotatable bonds is 17. The average molecular weight is 862 g/mol. The lowest BCUT2D eigenvalue weighted by Crippen LogP contribution is -2.09. The summed E-state index contributed by atoms with van der Waals surface area (Å²) in [4.78, 5) is 2.35. The van der Waals surface area contributed by atoms with E-state index in [-0.39, 0.29) is 0 Å². The van der Waals surface area contributed by atoms with E-state index in [0.717, 1.165) is 35.5 Å². The molecular weight excluding hydrogens is 807 g/mol. The Morgan fingerprint density at radius 3 is 0.910 bits per heavy atom. The van der Waals surface area contributed by atoms with Crippen LogP contribution in [-0.2, 0) is 0 Å². The summed E-state index contributed by atoms with van der Waals surface area (Å²) >= 11 is 0. The van der Waals surface area contributed by atoms with Crippen LogP contribution >= 0.6 is 0 Å². The highest BCUT2D eigenvalue weighted by Crippen LogP contribution is 2.36. The van der Waals surface area contributed by atoms with Gasteiger partial charge in [0.05, 0.1) is 0 Å². The summed E-state index contributed by atoms with van der Waals surface area (Å²) in [5, 5.41) is 0. The maximum Gasteiger partial charge on any atom is 0.0462 e. The summed E-state index contributed by atoms with van der Waals surface area (Å²) in [7, 11) is 0. The number of benzene rings is 9. The normalized spacial score (nSPS) is 11.5. The predicted octanol–water partition coefficient (Wildman–Crippen LogP) is 17.8. The molecule has 1 heteroatoms. The van der Waals surface area contributed by atoms with Crippen molar-refractivity contribution in [3.8, 4) is 0 Å². The Labute approximate surface area is 397 Å². The molecule has 0 aliphatic heterocycles. The molecule has 0 aliphatic rings. The topological polar surface area (TPSA) is 3.24 Å². The fourth-order valence-corrected chi connectivity index (χ4v) is 8.85. The van der Waals surface area contributed by atoms with Crippen molar-refractivity contribution >= 4 is 40.9 Å². The van der Waals surface area contributed by atoms with E-state index in [1.165, 1.54) is 50.1 Å². The maximum atomic E-state index is 2.35. The van der Waals surface area contributed by atoms with Gasteiger partial charge in [0.25, 0.3) is 0 Å². The van der Waals surface area contributed by atoms with Gasteiger partial charge >= 0.3 is 0 Å². The van der Waals surface area contributed by atoms with Crippen LogP contribution in [0.5, 0.6) is 0 Å². The van der Waals surface area contributed by atoms with Gasteiger partial charge in [0.2, 0.25) is 0 Å². The SMILES string of the molecule is C(=Cc1ccc(N(c2ccc(C=CCC(c3ccccc3)c3ccccc3)cc2)c2ccc(C=CCC(c3ccccc3)c3ccccc3)cc2)cc1)C=C(c1ccccc1)c1ccccc1. The lowest BCUT2D eigenvalue weighted by atomic mass is 9.88. The number of anilines is 3. The van der Waals surface area contributed by atoms with Gasteiger partial charge in [0.15, 0.2) is 0 Å². The van der Waals surface area contributed by atoms with E-state index in [9.17, 15) is 0 Å². The van der Waals surface area contributed by atoms with Crippen molar-refractivity contribution in [3.05, 3.63) is 329 Å². The van der Waals surface area contributed by atoms with E-state index in [1.54, 1.807) is 0 Å². The van der Waals surface area contributed by atoms with Crippen LogP contribution in [0.2, 0.25) is 0 Å². The van der Waals surface area contributed by atoms with Crippen LogP contribution < -0.4 is 4.90 Å². The number of hydrogen-bond donors (Lipinski definition) is 0. The van der Waals surface area contributed by atoms with E-state index in [0.29, 0.717) is 11.8 Å². The van der Waals surface area contributed by atoms with Gasteiger partial charge in [-0.2, -0.15) is 0 Å². The van der Waals surface area contributed by atoms with Gasteiger partial charge in [0.1, 0.15) is 0 Å². The Bertz CT molecular complexity index is 2730. The third-order valence-corrected chi connectivity index (χ3v) is 12.3. The molecular formula is C66H55N. The fraction of sp³-hybridized carbons (Fsp3) is 0.0606. The largest absolute Gasteiger partial charge is 0.311 e. The highest BCUT2D eigenvalue weighted by molar-refractivity contribution is 5.82. The molecule has 0 saturated heterocycles. The first-order chi connectivity index (χ1) is 33.2. The molecule has 0 unspecified atom stereocenters. The van der Waals surface area contributed by atoms with Crippen molar-refractivity contribution in [1.82, 2.24) is 0 Å². The smallest absolute Gasteiger partial charge is 0.0462 e. The third-order valence-electron chi connectivity index (χ3n) is 12.3. The molecule has 9 aromatic carbocycles. The minimum absolute atomic E-state index is 0.295. The van der Waals surface area contributed by atoms with E-state index >= 15 is 0 Å². The summed E-state index contributed by atoms with van der Waals surface area (Å²) in [5.41, 5.74) is 15.7. The zero-order chi connectivity index (χ0) is 45.3. The van der Waals surface area contributed by atoms with Crippen molar-refractivity contribution in [2.24, 2.45) is 0 Å². The fourth-order valence-electron chi connectivity index (χ4n) is 8.85. The molecule has 1 nitrogen and oxygen atoms in total. The van der Waals surface area contributed by atoms with Crippen molar-refractivity contribution in [2.45, 2.75) is 24.7 Å². The first kappa shape index (κ1) is 44.0. The van der Waals surface area contributed by atoms with Gasteiger partial charge in [-0.3, -0.25) is 0 Å². The second-order valence-corrected chi connectivity index (χ2v) is 16.8. The van der Waals surface area contributed by atoms with Crippen LogP contribution in [-0.4, -0.2) is 0 Å². The summed E-state index contributed by atoms with van der Waals surface area (Å²) < 4.78 is 0. The molecule has 0 atom stereocenters. The summed E-state index contributed by atoms with van der Waals surface area (Å²) in [6, 6.07) is 91.2. The van der Waals surface area contributed by atoms with Crippen molar-refractivity contribution in [1.29, 1.82) is 0 Å². The first-order valence-electron chi connectivity index (χ1n) is 23.4. The summed E-state index contributed by atoms with van der Waals surface area (Å²) in [5.74, 6) is 0.591. The zero-order valence-corrected chi connectivity index (χ0v) is 37.8. The molecule has 0 aliphatic carbocycles. The number of hydrogen-bond acceptors (Lipinski definition) is 1. The second-order valence-electron chi connectivity index (χ2n) is 16.8. The average Bonchev–Trinajstić information content (AvgIpc) is 3.41. The molecule has 324 valence electrons. The van der Waals surface area contributed by atoms with Crippen LogP contribution in [0.3, 0.4) is 0 Å². The molecule has 0 fully saturated rings. The maximum absolute atomic E-state index is 2.35.